The summed E-state index contributed by atoms with van der Waals surface area (Å²) in [4.78, 5) is 25.0. The van der Waals surface area contributed by atoms with Crippen LogP contribution in [0.1, 0.15) is 12.8 Å². The maximum Gasteiger partial charge on any atom is 0.244 e. The molecule has 1 aliphatic rings. The van der Waals surface area contributed by atoms with E-state index in [9.17, 15) is 9.59 Å². The number of rotatable bonds is 5. The summed E-state index contributed by atoms with van der Waals surface area (Å²) in [6, 6.07) is 5.15. The normalized spacial score (nSPS) is 14.3. The van der Waals surface area contributed by atoms with Crippen LogP contribution in [0.3, 0.4) is 0 Å². The Morgan fingerprint density at radius 1 is 1.35 bits per heavy atom. The Hall–Kier alpha value is -2.24. The zero-order valence-corrected chi connectivity index (χ0v) is 11.6. The van der Waals surface area contributed by atoms with E-state index in [-0.39, 0.29) is 18.4 Å². The van der Waals surface area contributed by atoms with E-state index in [2.05, 4.69) is 5.32 Å². The van der Waals surface area contributed by atoms with E-state index < -0.39 is 0 Å². The van der Waals surface area contributed by atoms with Gasteiger partial charge in [-0.15, -0.1) is 0 Å². The van der Waals surface area contributed by atoms with E-state index in [1.54, 1.807) is 30.2 Å². The molecule has 1 saturated heterocycles. The van der Waals surface area contributed by atoms with Crippen LogP contribution in [0.25, 0.3) is 0 Å². The number of carbonyl (C=O) groups is 2. The molecule has 0 atom stereocenters. The highest BCUT2D eigenvalue weighted by Crippen LogP contribution is 2.28. The van der Waals surface area contributed by atoms with Crippen molar-refractivity contribution in [3.8, 4) is 11.5 Å². The van der Waals surface area contributed by atoms with Crippen LogP contribution >= 0.6 is 0 Å². The van der Waals surface area contributed by atoms with Crippen LogP contribution in [0.4, 0.5) is 5.69 Å². The molecule has 1 heterocycles. The largest absolute Gasteiger partial charge is 0.497 e. The highest BCUT2D eigenvalue weighted by atomic mass is 16.5. The predicted molar refractivity (Wildman–Crippen MR) is 74.0 cm³/mol. The van der Waals surface area contributed by atoms with Crippen LogP contribution in [-0.2, 0) is 9.59 Å². The molecular weight excluding hydrogens is 260 g/mol. The molecule has 20 heavy (non-hydrogen) atoms. The lowest BCUT2D eigenvalue weighted by atomic mass is 10.2. The number of nitrogens with zero attached hydrogens (tertiary/aromatic N) is 1. The summed E-state index contributed by atoms with van der Waals surface area (Å²) in [6.45, 7) is 0.709. The van der Waals surface area contributed by atoms with Crippen molar-refractivity contribution in [2.45, 2.75) is 12.8 Å². The van der Waals surface area contributed by atoms with E-state index in [1.807, 2.05) is 0 Å². The molecule has 0 unspecified atom stereocenters. The quantitative estimate of drug-likeness (QED) is 0.880. The predicted octanol–water partition coefficient (Wildman–Crippen LogP) is 1.26. The van der Waals surface area contributed by atoms with Crippen LogP contribution < -0.4 is 14.8 Å². The molecule has 1 aliphatic heterocycles. The molecule has 2 rings (SSSR count). The van der Waals surface area contributed by atoms with E-state index in [0.29, 0.717) is 30.2 Å². The standard InChI is InChI=1S/C14H18N2O4/c1-19-10-5-6-12(20-2)11(8-10)15-13(17)9-16-7-3-4-14(16)18/h5-6,8H,3-4,7,9H2,1-2H3,(H,15,17). The summed E-state index contributed by atoms with van der Waals surface area (Å²) in [5.74, 6) is 0.954. The molecule has 1 N–H and O–H groups in total. The fourth-order valence-corrected chi connectivity index (χ4v) is 2.15. The first-order chi connectivity index (χ1) is 9.63. The van der Waals surface area contributed by atoms with Crippen molar-refractivity contribution < 1.29 is 19.1 Å². The highest BCUT2D eigenvalue weighted by molar-refractivity contribution is 5.96. The Morgan fingerprint density at radius 3 is 2.75 bits per heavy atom. The number of benzene rings is 1. The van der Waals surface area contributed by atoms with Gasteiger partial charge < -0.3 is 19.7 Å². The topological polar surface area (TPSA) is 67.9 Å². The maximum absolute atomic E-state index is 12.0. The molecule has 0 saturated carbocycles. The summed E-state index contributed by atoms with van der Waals surface area (Å²) >= 11 is 0. The molecule has 1 aromatic rings. The highest BCUT2D eigenvalue weighted by Gasteiger charge is 2.22. The first-order valence-corrected chi connectivity index (χ1v) is 6.43. The number of anilines is 1. The number of nitrogens with one attached hydrogen (secondary N) is 1. The molecule has 0 spiro atoms. The van der Waals surface area contributed by atoms with Crippen molar-refractivity contribution in [3.63, 3.8) is 0 Å². The number of amides is 2. The Bertz CT molecular complexity index is 516. The van der Waals surface area contributed by atoms with Crippen LogP contribution in [0.5, 0.6) is 11.5 Å². The second-order valence-electron chi connectivity index (χ2n) is 4.53. The summed E-state index contributed by atoms with van der Waals surface area (Å²) in [5, 5.41) is 2.75. The van der Waals surface area contributed by atoms with E-state index in [1.165, 1.54) is 7.11 Å². The van der Waals surface area contributed by atoms with Crippen molar-refractivity contribution in [2.24, 2.45) is 0 Å². The van der Waals surface area contributed by atoms with Gasteiger partial charge in [0.2, 0.25) is 11.8 Å². The minimum absolute atomic E-state index is 0.0257. The Kier molecular flexibility index (Phi) is 4.45. The first-order valence-electron chi connectivity index (χ1n) is 6.43. The number of hydrogen-bond acceptors (Lipinski definition) is 4. The van der Waals surface area contributed by atoms with Crippen molar-refractivity contribution in [2.75, 3.05) is 32.6 Å². The first kappa shape index (κ1) is 14.2. The van der Waals surface area contributed by atoms with Crippen molar-refractivity contribution in [1.82, 2.24) is 4.90 Å². The summed E-state index contributed by atoms with van der Waals surface area (Å²) < 4.78 is 10.3. The van der Waals surface area contributed by atoms with Gasteiger partial charge in [-0.05, 0) is 18.6 Å². The van der Waals surface area contributed by atoms with Crippen LogP contribution in [-0.4, -0.2) is 44.0 Å². The number of likely N-dealkylation sites (tertiary alicyclic amines) is 1. The van der Waals surface area contributed by atoms with E-state index in [0.717, 1.165) is 6.42 Å². The number of ether oxygens (including phenoxy) is 2. The van der Waals surface area contributed by atoms with Crippen molar-refractivity contribution in [3.05, 3.63) is 18.2 Å². The number of methoxy groups -OCH3 is 2. The van der Waals surface area contributed by atoms with Crippen LogP contribution in [0.15, 0.2) is 18.2 Å². The lowest BCUT2D eigenvalue weighted by molar-refractivity contribution is -0.131. The van der Waals surface area contributed by atoms with E-state index in [4.69, 9.17) is 9.47 Å². The van der Waals surface area contributed by atoms with Gasteiger partial charge in [0.15, 0.2) is 0 Å². The molecule has 2 amide bonds. The molecule has 6 nitrogen and oxygen atoms in total. The SMILES string of the molecule is COc1ccc(OC)c(NC(=O)CN2CCCC2=O)c1. The molecule has 0 aliphatic carbocycles. The fraction of sp³-hybridized carbons (Fsp3) is 0.429. The molecule has 0 bridgehead atoms. The van der Waals surface area contributed by atoms with Gasteiger partial charge in [0.1, 0.15) is 11.5 Å². The molecule has 0 aromatic heterocycles. The lowest BCUT2D eigenvalue weighted by Crippen LogP contribution is -2.34. The van der Waals surface area contributed by atoms with Gasteiger partial charge in [-0.3, -0.25) is 9.59 Å². The number of carbonyl (C=O) groups excluding carboxylic acids is 2. The van der Waals surface area contributed by atoms with Gasteiger partial charge >= 0.3 is 0 Å². The molecule has 1 aromatic carbocycles. The van der Waals surface area contributed by atoms with Gasteiger partial charge in [-0.2, -0.15) is 0 Å². The summed E-state index contributed by atoms with van der Waals surface area (Å²) in [6.07, 6.45) is 1.34. The van der Waals surface area contributed by atoms with Gasteiger partial charge in [-0.1, -0.05) is 0 Å². The Balaban J connectivity index is 2.04. The third-order valence-electron chi connectivity index (χ3n) is 3.19. The smallest absolute Gasteiger partial charge is 0.244 e. The molecule has 108 valence electrons. The summed E-state index contributed by atoms with van der Waals surface area (Å²) in [5.41, 5.74) is 0.531. The zero-order valence-electron chi connectivity index (χ0n) is 11.6. The minimum atomic E-state index is -0.244. The minimum Gasteiger partial charge on any atom is -0.497 e. The molecule has 0 radical (unpaired) electrons. The molecular formula is C14H18N2O4. The second kappa shape index (κ2) is 6.27. The molecule has 6 heteroatoms. The van der Waals surface area contributed by atoms with Gasteiger partial charge in [0, 0.05) is 19.0 Å². The average molecular weight is 278 g/mol. The monoisotopic (exact) mass is 278 g/mol. The lowest BCUT2D eigenvalue weighted by Gasteiger charge is -2.16. The van der Waals surface area contributed by atoms with Gasteiger partial charge in [0.25, 0.3) is 0 Å². The third-order valence-corrected chi connectivity index (χ3v) is 3.19. The maximum atomic E-state index is 12.0. The third kappa shape index (κ3) is 3.20. The summed E-state index contributed by atoms with van der Waals surface area (Å²) in [7, 11) is 3.08. The van der Waals surface area contributed by atoms with Gasteiger partial charge in [-0.25, -0.2) is 0 Å². The second-order valence-corrected chi connectivity index (χ2v) is 4.53. The Morgan fingerprint density at radius 2 is 2.15 bits per heavy atom. The number of hydrogen-bond donors (Lipinski definition) is 1. The average Bonchev–Trinajstić information content (AvgIpc) is 2.84. The van der Waals surface area contributed by atoms with Crippen molar-refractivity contribution >= 4 is 17.5 Å². The van der Waals surface area contributed by atoms with E-state index >= 15 is 0 Å². The zero-order chi connectivity index (χ0) is 14.5. The van der Waals surface area contributed by atoms with Crippen LogP contribution in [0.2, 0.25) is 0 Å². The van der Waals surface area contributed by atoms with Crippen LogP contribution in [0, 0.1) is 0 Å². The van der Waals surface area contributed by atoms with Crippen molar-refractivity contribution in [1.29, 1.82) is 0 Å². The van der Waals surface area contributed by atoms with Gasteiger partial charge in [0.05, 0.1) is 26.5 Å². The molecule has 1 fully saturated rings. The fourth-order valence-electron chi connectivity index (χ4n) is 2.15. The Labute approximate surface area is 117 Å².